The van der Waals surface area contributed by atoms with Crippen LogP contribution < -0.4 is 10.6 Å². The highest BCUT2D eigenvalue weighted by atomic mass is 16.4. The summed E-state index contributed by atoms with van der Waals surface area (Å²) >= 11 is 0. The van der Waals surface area contributed by atoms with Crippen molar-refractivity contribution in [1.29, 1.82) is 0 Å². The molecule has 0 radical (unpaired) electrons. The van der Waals surface area contributed by atoms with Gasteiger partial charge in [-0.25, -0.2) is 4.79 Å². The minimum absolute atomic E-state index is 0.0606. The molecule has 2 rings (SSSR count). The molecule has 19 heavy (non-hydrogen) atoms. The Morgan fingerprint density at radius 1 is 1.47 bits per heavy atom. The van der Waals surface area contributed by atoms with Gasteiger partial charge in [0.2, 0.25) is 6.41 Å². The fourth-order valence-corrected chi connectivity index (χ4v) is 2.35. The molecule has 0 aromatic heterocycles. The molecule has 1 heterocycles. The molecule has 0 bridgehead atoms. The zero-order chi connectivity index (χ0) is 14.0. The molecule has 3 N–H and O–H groups in total. The van der Waals surface area contributed by atoms with Gasteiger partial charge in [-0.3, -0.25) is 4.79 Å². The maximum Gasteiger partial charge on any atom is 0.337 e. The van der Waals surface area contributed by atoms with Crippen molar-refractivity contribution >= 4 is 23.8 Å². The number of carbonyl (C=O) groups is 2. The van der Waals surface area contributed by atoms with Crippen LogP contribution in [0.4, 0.5) is 11.4 Å². The number of hydrogen-bond acceptors (Lipinski definition) is 4. The van der Waals surface area contributed by atoms with E-state index >= 15 is 0 Å². The lowest BCUT2D eigenvalue weighted by molar-refractivity contribution is -0.120. The number of amides is 1. The number of carboxylic acid groups (broad SMARTS) is 1. The summed E-state index contributed by atoms with van der Waals surface area (Å²) in [6, 6.07) is 4.94. The van der Waals surface area contributed by atoms with Crippen LogP contribution in [-0.2, 0) is 4.79 Å². The van der Waals surface area contributed by atoms with Crippen LogP contribution in [0.3, 0.4) is 0 Å². The van der Waals surface area contributed by atoms with Gasteiger partial charge in [0.05, 0.1) is 11.3 Å². The van der Waals surface area contributed by atoms with Crippen LogP contribution in [0.2, 0.25) is 0 Å². The lowest BCUT2D eigenvalue weighted by Gasteiger charge is -2.39. The number of nitrogens with zero attached hydrogens (tertiary/aromatic N) is 2. The molecular weight excluding hydrogens is 246 g/mol. The summed E-state index contributed by atoms with van der Waals surface area (Å²) in [5.74, 6) is -0.993. The van der Waals surface area contributed by atoms with Gasteiger partial charge >= 0.3 is 5.97 Å². The summed E-state index contributed by atoms with van der Waals surface area (Å²) in [5.41, 5.74) is 6.91. The number of carbonyl (C=O) groups excluding carboxylic acids is 1. The van der Waals surface area contributed by atoms with Crippen LogP contribution in [-0.4, -0.2) is 48.1 Å². The second kappa shape index (κ2) is 5.17. The Morgan fingerprint density at radius 2 is 2.21 bits per heavy atom. The smallest absolute Gasteiger partial charge is 0.337 e. The van der Waals surface area contributed by atoms with Crippen LogP contribution in [0.25, 0.3) is 0 Å². The van der Waals surface area contributed by atoms with E-state index < -0.39 is 5.97 Å². The molecule has 1 saturated heterocycles. The third kappa shape index (κ3) is 2.62. The number of nitrogens with two attached hydrogens (primary N) is 1. The summed E-state index contributed by atoms with van der Waals surface area (Å²) in [5, 5.41) is 9.24. The van der Waals surface area contributed by atoms with E-state index in [4.69, 9.17) is 5.73 Å². The highest BCUT2D eigenvalue weighted by Crippen LogP contribution is 2.25. The van der Waals surface area contributed by atoms with E-state index in [0.717, 1.165) is 6.41 Å². The monoisotopic (exact) mass is 263 g/mol. The van der Waals surface area contributed by atoms with Crippen LogP contribution in [0.5, 0.6) is 0 Å². The topological polar surface area (TPSA) is 86.9 Å². The van der Waals surface area contributed by atoms with E-state index in [1.54, 1.807) is 17.0 Å². The third-order valence-corrected chi connectivity index (χ3v) is 3.41. The molecule has 1 aliphatic rings. The first kappa shape index (κ1) is 13.2. The van der Waals surface area contributed by atoms with E-state index in [-0.39, 0.29) is 11.6 Å². The average Bonchev–Trinajstić information content (AvgIpc) is 2.38. The predicted octanol–water partition coefficient (Wildman–Crippen LogP) is 0.634. The van der Waals surface area contributed by atoms with Crippen LogP contribution in [0.1, 0.15) is 17.3 Å². The van der Waals surface area contributed by atoms with Crippen molar-refractivity contribution < 1.29 is 14.7 Å². The van der Waals surface area contributed by atoms with Crippen molar-refractivity contribution in [2.75, 3.05) is 30.3 Å². The number of aromatic carboxylic acids is 1. The summed E-state index contributed by atoms with van der Waals surface area (Å²) in [7, 11) is 0. The van der Waals surface area contributed by atoms with E-state index in [1.807, 2.05) is 11.8 Å². The fraction of sp³-hybridized carbons (Fsp3) is 0.385. The number of nitrogen functional groups attached to an aromatic ring is 1. The van der Waals surface area contributed by atoms with Crippen molar-refractivity contribution in [3.63, 3.8) is 0 Å². The van der Waals surface area contributed by atoms with E-state index in [9.17, 15) is 14.7 Å². The van der Waals surface area contributed by atoms with Crippen LogP contribution >= 0.6 is 0 Å². The molecule has 0 spiro atoms. The third-order valence-electron chi connectivity index (χ3n) is 3.41. The molecule has 1 amide bonds. The maximum absolute atomic E-state index is 11.3. The van der Waals surface area contributed by atoms with Gasteiger partial charge in [-0.1, -0.05) is 0 Å². The first-order chi connectivity index (χ1) is 9.02. The predicted molar refractivity (Wildman–Crippen MR) is 72.3 cm³/mol. The van der Waals surface area contributed by atoms with Crippen molar-refractivity contribution in [2.24, 2.45) is 0 Å². The molecular formula is C13H17N3O3. The van der Waals surface area contributed by atoms with Crippen molar-refractivity contribution in [3.05, 3.63) is 23.8 Å². The number of anilines is 2. The Kier molecular flexibility index (Phi) is 3.59. The summed E-state index contributed by atoms with van der Waals surface area (Å²) in [4.78, 5) is 25.8. The van der Waals surface area contributed by atoms with Crippen molar-refractivity contribution in [3.8, 4) is 0 Å². The number of rotatable bonds is 3. The molecule has 1 aromatic carbocycles. The first-order valence-electron chi connectivity index (χ1n) is 6.11. The number of benzene rings is 1. The normalized spacial score (nSPS) is 19.3. The molecule has 0 aliphatic carbocycles. The van der Waals surface area contributed by atoms with Gasteiger partial charge in [-0.15, -0.1) is 0 Å². The summed E-state index contributed by atoms with van der Waals surface area (Å²) in [6.07, 6.45) is 0.836. The highest BCUT2D eigenvalue weighted by molar-refractivity contribution is 5.95. The largest absolute Gasteiger partial charge is 0.478 e. The lowest BCUT2D eigenvalue weighted by Crippen LogP contribution is -2.51. The molecule has 1 aliphatic heterocycles. The van der Waals surface area contributed by atoms with Gasteiger partial charge in [0.25, 0.3) is 0 Å². The number of hydrogen-bond donors (Lipinski definition) is 2. The Bertz CT molecular complexity index is 504. The van der Waals surface area contributed by atoms with Gasteiger partial charge in [-0.05, 0) is 25.1 Å². The number of piperazine rings is 1. The quantitative estimate of drug-likeness (QED) is 0.617. The van der Waals surface area contributed by atoms with Crippen molar-refractivity contribution in [2.45, 2.75) is 13.0 Å². The molecule has 1 atom stereocenters. The molecule has 0 saturated carbocycles. The molecule has 1 aromatic rings. The van der Waals surface area contributed by atoms with Gasteiger partial charge in [0, 0.05) is 31.4 Å². The molecule has 6 heteroatoms. The Hall–Kier alpha value is -2.24. The molecule has 6 nitrogen and oxygen atoms in total. The standard InChI is InChI=1S/C13H17N3O3/c1-9-7-15(4-5-16(9)8-17)12-3-2-10(14)6-11(12)13(18)19/h2-3,6,8-9H,4-5,7,14H2,1H3,(H,18,19). The molecule has 1 fully saturated rings. The minimum atomic E-state index is -0.993. The Morgan fingerprint density at radius 3 is 2.79 bits per heavy atom. The minimum Gasteiger partial charge on any atom is -0.478 e. The van der Waals surface area contributed by atoms with E-state index in [1.165, 1.54) is 6.07 Å². The fourth-order valence-electron chi connectivity index (χ4n) is 2.35. The van der Waals surface area contributed by atoms with Crippen molar-refractivity contribution in [1.82, 2.24) is 4.90 Å². The van der Waals surface area contributed by atoms with Crippen LogP contribution in [0.15, 0.2) is 18.2 Å². The second-order valence-electron chi connectivity index (χ2n) is 4.72. The van der Waals surface area contributed by atoms with Gasteiger partial charge in [-0.2, -0.15) is 0 Å². The Labute approximate surface area is 111 Å². The van der Waals surface area contributed by atoms with E-state index in [2.05, 4.69) is 0 Å². The number of carboxylic acids is 1. The average molecular weight is 263 g/mol. The first-order valence-corrected chi connectivity index (χ1v) is 6.11. The Balaban J connectivity index is 2.28. The lowest BCUT2D eigenvalue weighted by atomic mass is 10.1. The van der Waals surface area contributed by atoms with E-state index in [0.29, 0.717) is 31.0 Å². The van der Waals surface area contributed by atoms with Crippen LogP contribution in [0, 0.1) is 0 Å². The zero-order valence-electron chi connectivity index (χ0n) is 10.7. The summed E-state index contributed by atoms with van der Waals surface area (Å²) < 4.78 is 0. The zero-order valence-corrected chi connectivity index (χ0v) is 10.7. The molecule has 102 valence electrons. The second-order valence-corrected chi connectivity index (χ2v) is 4.72. The maximum atomic E-state index is 11.3. The summed E-state index contributed by atoms with van der Waals surface area (Å²) in [6.45, 7) is 3.77. The SMILES string of the molecule is CC1CN(c2ccc(N)cc2C(=O)O)CCN1C=O. The van der Waals surface area contributed by atoms with Gasteiger partial charge < -0.3 is 20.6 Å². The molecule has 1 unspecified atom stereocenters. The highest BCUT2D eigenvalue weighted by Gasteiger charge is 2.25. The van der Waals surface area contributed by atoms with Gasteiger partial charge in [0.15, 0.2) is 0 Å². The van der Waals surface area contributed by atoms with Gasteiger partial charge in [0.1, 0.15) is 0 Å².